The third-order valence-electron chi connectivity index (χ3n) is 6.98. The van der Waals surface area contributed by atoms with Crippen LogP contribution in [0.3, 0.4) is 0 Å². The quantitative estimate of drug-likeness (QED) is 0.461. The van der Waals surface area contributed by atoms with Crippen LogP contribution in [-0.4, -0.2) is 63.6 Å². The third kappa shape index (κ3) is 5.65. The summed E-state index contributed by atoms with van der Waals surface area (Å²) < 4.78 is 7.50. The number of fused-ring (bicyclic) bond motifs is 1. The van der Waals surface area contributed by atoms with Gasteiger partial charge < -0.3 is 20.3 Å². The van der Waals surface area contributed by atoms with E-state index >= 15 is 0 Å². The maximum atomic E-state index is 13.2. The van der Waals surface area contributed by atoms with E-state index < -0.39 is 0 Å². The van der Waals surface area contributed by atoms with Gasteiger partial charge in [0.05, 0.1) is 23.6 Å². The Morgan fingerprint density at radius 2 is 2.03 bits per heavy atom. The molecular formula is C28H35N7O3. The maximum Gasteiger partial charge on any atom is 0.270 e. The molecule has 4 heterocycles. The highest BCUT2D eigenvalue weighted by atomic mass is 16.5. The Kier molecular flexibility index (Phi) is 7.59. The fourth-order valence-electron chi connectivity index (χ4n) is 4.70. The summed E-state index contributed by atoms with van der Waals surface area (Å²) in [5.74, 6) is 0.847. The van der Waals surface area contributed by atoms with Crippen molar-refractivity contribution >= 4 is 17.5 Å². The van der Waals surface area contributed by atoms with Gasteiger partial charge in [0.1, 0.15) is 18.1 Å². The summed E-state index contributed by atoms with van der Waals surface area (Å²) >= 11 is 0. The molecule has 1 fully saturated rings. The van der Waals surface area contributed by atoms with Gasteiger partial charge in [-0.15, -0.1) is 0 Å². The van der Waals surface area contributed by atoms with Gasteiger partial charge in [-0.25, -0.2) is 9.50 Å². The Bertz CT molecular complexity index is 1330. The van der Waals surface area contributed by atoms with E-state index in [9.17, 15) is 9.59 Å². The summed E-state index contributed by atoms with van der Waals surface area (Å²) in [5, 5.41) is 14.1. The molecule has 0 saturated carbocycles. The zero-order valence-electron chi connectivity index (χ0n) is 22.0. The first-order chi connectivity index (χ1) is 18.4. The highest BCUT2D eigenvalue weighted by Gasteiger charge is 2.30. The normalized spacial score (nSPS) is 20.3. The van der Waals surface area contributed by atoms with Crippen LogP contribution >= 0.6 is 0 Å². The summed E-state index contributed by atoms with van der Waals surface area (Å²) in [5.41, 5.74) is 4.36. The Morgan fingerprint density at radius 1 is 1.21 bits per heavy atom. The molecule has 2 aromatic heterocycles. The molecule has 0 radical (unpaired) electrons. The first kappa shape index (κ1) is 25.7. The molecule has 10 nitrogen and oxygen atoms in total. The van der Waals surface area contributed by atoms with Crippen LogP contribution in [0.4, 0.5) is 0 Å². The summed E-state index contributed by atoms with van der Waals surface area (Å²) in [6.45, 7) is 10.9. The fraction of sp³-hybridized carbons (Fsp3) is 0.429. The summed E-state index contributed by atoms with van der Waals surface area (Å²) in [4.78, 5) is 32.5. The van der Waals surface area contributed by atoms with Gasteiger partial charge >= 0.3 is 0 Å². The first-order valence-electron chi connectivity index (χ1n) is 13.2. The van der Waals surface area contributed by atoms with E-state index in [-0.39, 0.29) is 23.8 Å². The highest BCUT2D eigenvalue weighted by molar-refractivity contribution is 5.93. The number of ether oxygens (including phenoxy) is 1. The Morgan fingerprint density at radius 3 is 2.79 bits per heavy atom. The van der Waals surface area contributed by atoms with Gasteiger partial charge in [0, 0.05) is 44.4 Å². The molecule has 1 unspecified atom stereocenters. The molecule has 5 rings (SSSR count). The van der Waals surface area contributed by atoms with Crippen molar-refractivity contribution in [1.82, 2.24) is 35.4 Å². The molecule has 2 aromatic rings. The SMILES string of the molecule is C=C1COC2=C(/C=C(/CNC(=O)c3cc(CNC(C(=O)N4CCC4)C(C)C)n4nccc4n3)C/C=C\C2)N1. The zero-order valence-corrected chi connectivity index (χ0v) is 22.0. The van der Waals surface area contributed by atoms with Crippen LogP contribution in [0.25, 0.3) is 5.65 Å². The second-order valence-corrected chi connectivity index (χ2v) is 10.2. The minimum absolute atomic E-state index is 0.121. The van der Waals surface area contributed by atoms with Gasteiger partial charge in [-0.05, 0) is 36.5 Å². The lowest BCUT2D eigenvalue weighted by atomic mass is 10.0. The minimum Gasteiger partial charge on any atom is -0.489 e. The van der Waals surface area contributed by atoms with Crippen molar-refractivity contribution in [2.24, 2.45) is 5.92 Å². The predicted octanol–water partition coefficient (Wildman–Crippen LogP) is 2.43. The number of nitrogens with one attached hydrogen (secondary N) is 3. The number of aromatic nitrogens is 3. The monoisotopic (exact) mass is 517 g/mol. The number of hydrogen-bond donors (Lipinski definition) is 3. The minimum atomic E-state index is -0.307. The van der Waals surface area contributed by atoms with Gasteiger partial charge in [-0.2, -0.15) is 5.10 Å². The number of hydrogen-bond acceptors (Lipinski definition) is 7. The number of nitrogens with zero attached hydrogens (tertiary/aromatic N) is 4. The summed E-state index contributed by atoms with van der Waals surface area (Å²) in [6, 6.07) is 3.20. The van der Waals surface area contributed by atoms with Crippen LogP contribution < -0.4 is 16.0 Å². The van der Waals surface area contributed by atoms with E-state index in [0.717, 1.165) is 60.8 Å². The number of amides is 2. The average molecular weight is 518 g/mol. The van der Waals surface area contributed by atoms with Crippen molar-refractivity contribution < 1.29 is 14.3 Å². The number of carbonyl (C=O) groups is 2. The lowest BCUT2D eigenvalue weighted by Gasteiger charge is -2.35. The number of likely N-dealkylation sites (tertiary alicyclic amines) is 1. The second-order valence-electron chi connectivity index (χ2n) is 10.2. The maximum absolute atomic E-state index is 13.2. The molecule has 0 aromatic carbocycles. The Hall–Kier alpha value is -3.92. The molecule has 10 heteroatoms. The molecule has 3 aliphatic rings. The van der Waals surface area contributed by atoms with Crippen molar-refractivity contribution in [3.8, 4) is 0 Å². The van der Waals surface area contributed by atoms with Crippen molar-refractivity contribution in [3.05, 3.63) is 77.3 Å². The van der Waals surface area contributed by atoms with Gasteiger partial charge in [-0.3, -0.25) is 14.9 Å². The predicted molar refractivity (Wildman–Crippen MR) is 144 cm³/mol. The van der Waals surface area contributed by atoms with Gasteiger partial charge in [0.15, 0.2) is 5.65 Å². The van der Waals surface area contributed by atoms with Crippen molar-refractivity contribution in [3.63, 3.8) is 0 Å². The molecule has 1 aliphatic carbocycles. The molecule has 1 atom stereocenters. The number of rotatable bonds is 8. The molecule has 0 bridgehead atoms. The standard InChI is InChI=1S/C28H35N7O3/c1-18(2)26(28(37)34-11-6-12-34)29-16-21-14-23(33-25-9-10-31-35(21)25)27(36)30-15-20-7-4-5-8-24-22(13-20)32-19(3)17-38-24/h4-5,9-10,13-14,18,26,29,32H,3,6-8,11-12,15-17H2,1-2H3,(H,30,36)/b5-4-,20-13+. The van der Waals surface area contributed by atoms with E-state index in [4.69, 9.17) is 4.74 Å². The molecule has 200 valence electrons. The molecule has 3 N–H and O–H groups in total. The van der Waals surface area contributed by atoms with Gasteiger partial charge in [-0.1, -0.05) is 32.6 Å². The molecule has 1 saturated heterocycles. The Labute approximate surface area is 222 Å². The van der Waals surface area contributed by atoms with Crippen LogP contribution in [0.1, 0.15) is 49.3 Å². The smallest absolute Gasteiger partial charge is 0.270 e. The van der Waals surface area contributed by atoms with Crippen molar-refractivity contribution in [1.29, 1.82) is 0 Å². The van der Waals surface area contributed by atoms with E-state index in [1.54, 1.807) is 22.8 Å². The zero-order chi connectivity index (χ0) is 26.6. The number of carbonyl (C=O) groups excluding carboxylic acids is 2. The van der Waals surface area contributed by atoms with Gasteiger partial charge in [0.2, 0.25) is 5.91 Å². The van der Waals surface area contributed by atoms with E-state index in [2.05, 4.69) is 44.8 Å². The topological polar surface area (TPSA) is 113 Å². The second kappa shape index (κ2) is 11.2. The van der Waals surface area contributed by atoms with Crippen LogP contribution in [0, 0.1) is 5.92 Å². The van der Waals surface area contributed by atoms with Gasteiger partial charge in [0.25, 0.3) is 5.91 Å². The summed E-state index contributed by atoms with van der Waals surface area (Å²) in [7, 11) is 0. The lowest BCUT2D eigenvalue weighted by molar-refractivity contribution is -0.138. The van der Waals surface area contributed by atoms with Crippen LogP contribution in [-0.2, 0) is 16.1 Å². The molecule has 0 spiro atoms. The lowest BCUT2D eigenvalue weighted by Crippen LogP contribution is -2.53. The molecule has 38 heavy (non-hydrogen) atoms. The fourth-order valence-corrected chi connectivity index (χ4v) is 4.70. The highest BCUT2D eigenvalue weighted by Crippen LogP contribution is 2.22. The van der Waals surface area contributed by atoms with E-state index in [1.165, 1.54) is 0 Å². The first-order valence-corrected chi connectivity index (χ1v) is 13.2. The third-order valence-corrected chi connectivity index (χ3v) is 6.98. The average Bonchev–Trinajstić information content (AvgIpc) is 3.32. The van der Waals surface area contributed by atoms with Crippen molar-refractivity contribution in [2.75, 3.05) is 26.2 Å². The molecular weight excluding hydrogens is 482 g/mol. The molecule has 2 aliphatic heterocycles. The van der Waals surface area contributed by atoms with E-state index in [1.807, 2.05) is 24.8 Å². The van der Waals surface area contributed by atoms with E-state index in [0.29, 0.717) is 31.0 Å². The Balaban J connectivity index is 1.30. The largest absolute Gasteiger partial charge is 0.489 e. The number of allylic oxidation sites excluding steroid dienone is 3. The van der Waals surface area contributed by atoms with Crippen LogP contribution in [0.5, 0.6) is 0 Å². The van der Waals surface area contributed by atoms with Crippen LogP contribution in [0.2, 0.25) is 0 Å². The van der Waals surface area contributed by atoms with Crippen LogP contribution in [0.15, 0.2) is 65.9 Å². The molecule has 2 amide bonds. The summed E-state index contributed by atoms with van der Waals surface area (Å²) in [6.07, 6.45) is 10.3. The van der Waals surface area contributed by atoms with Crippen molar-refractivity contribution in [2.45, 2.75) is 45.7 Å².